The van der Waals surface area contributed by atoms with Crippen molar-refractivity contribution in [2.75, 3.05) is 20.1 Å². The number of carbonyl (C=O) groups excluding carboxylic acids is 1. The molecule has 0 saturated carbocycles. The van der Waals surface area contributed by atoms with Gasteiger partial charge in [0.25, 0.3) is 0 Å². The van der Waals surface area contributed by atoms with E-state index in [1.807, 2.05) is 0 Å². The van der Waals surface area contributed by atoms with Gasteiger partial charge in [-0.15, -0.1) is 0 Å². The predicted molar refractivity (Wildman–Crippen MR) is 64.0 cm³/mol. The van der Waals surface area contributed by atoms with Crippen LogP contribution in [0.4, 0.5) is 13.2 Å². The van der Waals surface area contributed by atoms with Gasteiger partial charge in [0.2, 0.25) is 0 Å². The van der Waals surface area contributed by atoms with Gasteiger partial charge >= 0.3 is 6.18 Å². The smallest absolute Gasteiger partial charge is 0.299 e. The number of hydrogen-bond acceptors (Lipinski definition) is 2. The Kier molecular flexibility index (Phi) is 5.16. The number of rotatable bonds is 5. The number of alkyl halides is 3. The van der Waals surface area contributed by atoms with Crippen LogP contribution >= 0.6 is 11.6 Å². The summed E-state index contributed by atoms with van der Waals surface area (Å²) in [5.41, 5.74) is 0.332. The number of halogens is 4. The van der Waals surface area contributed by atoms with Gasteiger partial charge in [0.1, 0.15) is 0 Å². The van der Waals surface area contributed by atoms with E-state index in [2.05, 4.69) is 0 Å². The van der Waals surface area contributed by atoms with Crippen LogP contribution in [0.1, 0.15) is 16.8 Å². The molecule has 2 nitrogen and oxygen atoms in total. The summed E-state index contributed by atoms with van der Waals surface area (Å²) in [6.45, 7) is -0.292. The lowest BCUT2D eigenvalue weighted by molar-refractivity contribution is -0.137. The minimum atomic E-state index is -4.21. The molecule has 0 spiro atoms. The number of likely N-dealkylation sites (N-methyl/N-ethyl adjacent to an activating group) is 1. The van der Waals surface area contributed by atoms with Gasteiger partial charge in [0, 0.05) is 12.1 Å². The molecular formula is C12H13ClF3NO. The molecule has 0 heterocycles. The maximum absolute atomic E-state index is 12.0. The van der Waals surface area contributed by atoms with Crippen LogP contribution in [-0.2, 0) is 0 Å². The first-order valence-corrected chi connectivity index (χ1v) is 5.70. The first-order chi connectivity index (χ1) is 8.29. The zero-order valence-electron chi connectivity index (χ0n) is 9.80. The van der Waals surface area contributed by atoms with Crippen molar-refractivity contribution in [1.29, 1.82) is 0 Å². The quantitative estimate of drug-likeness (QED) is 0.770. The van der Waals surface area contributed by atoms with Crippen LogP contribution in [0.15, 0.2) is 24.3 Å². The molecule has 0 bridgehead atoms. The van der Waals surface area contributed by atoms with E-state index in [-0.39, 0.29) is 18.9 Å². The Morgan fingerprint density at radius 1 is 1.33 bits per heavy atom. The Bertz CT molecular complexity index is 420. The molecule has 0 aliphatic rings. The van der Waals surface area contributed by atoms with Gasteiger partial charge in [-0.25, -0.2) is 0 Å². The van der Waals surface area contributed by atoms with E-state index < -0.39 is 12.6 Å². The summed E-state index contributed by atoms with van der Waals surface area (Å²) in [4.78, 5) is 13.1. The van der Waals surface area contributed by atoms with Crippen LogP contribution in [-0.4, -0.2) is 37.0 Å². The summed E-state index contributed by atoms with van der Waals surface area (Å²) in [6.07, 6.45) is -5.14. The minimum Gasteiger partial charge on any atom is -0.299 e. The summed E-state index contributed by atoms with van der Waals surface area (Å²) >= 11 is 5.83. The average Bonchev–Trinajstić information content (AvgIpc) is 2.26. The van der Waals surface area contributed by atoms with Gasteiger partial charge in [0.15, 0.2) is 5.78 Å². The Morgan fingerprint density at radius 2 is 1.94 bits per heavy atom. The van der Waals surface area contributed by atoms with Crippen molar-refractivity contribution in [2.24, 2.45) is 0 Å². The van der Waals surface area contributed by atoms with Crippen molar-refractivity contribution < 1.29 is 18.0 Å². The molecule has 0 amide bonds. The molecule has 0 unspecified atom stereocenters. The number of hydrogen-bond donors (Lipinski definition) is 0. The number of Topliss-reactive ketones (excluding diaryl/α,β-unsaturated/α-hetero) is 1. The van der Waals surface area contributed by atoms with Gasteiger partial charge in [0.05, 0.1) is 18.0 Å². The van der Waals surface area contributed by atoms with E-state index in [1.54, 1.807) is 24.3 Å². The maximum atomic E-state index is 12.0. The van der Waals surface area contributed by atoms with Gasteiger partial charge in [-0.1, -0.05) is 23.7 Å². The fourth-order valence-corrected chi connectivity index (χ4v) is 1.66. The molecule has 0 aliphatic heterocycles. The minimum absolute atomic E-state index is 0.0835. The predicted octanol–water partition coefficient (Wildman–Crippen LogP) is 3.41. The molecule has 6 heteroatoms. The summed E-state index contributed by atoms with van der Waals surface area (Å²) in [5.74, 6) is -0.287. The van der Waals surface area contributed by atoms with Crippen LogP contribution < -0.4 is 0 Å². The lowest BCUT2D eigenvalue weighted by Gasteiger charge is -2.17. The van der Waals surface area contributed by atoms with Gasteiger partial charge in [-0.05, 0) is 19.2 Å². The molecular weight excluding hydrogens is 267 g/mol. The number of benzene rings is 1. The van der Waals surface area contributed by atoms with E-state index in [0.29, 0.717) is 10.6 Å². The third-order valence-corrected chi connectivity index (χ3v) is 2.69. The van der Waals surface area contributed by atoms with Crippen molar-refractivity contribution >= 4 is 17.4 Å². The van der Waals surface area contributed by atoms with E-state index in [4.69, 9.17) is 11.6 Å². The lowest BCUT2D eigenvalue weighted by Crippen LogP contribution is -2.29. The van der Waals surface area contributed by atoms with Gasteiger partial charge < -0.3 is 0 Å². The fourth-order valence-electron chi connectivity index (χ4n) is 1.41. The van der Waals surface area contributed by atoms with Gasteiger partial charge in [-0.2, -0.15) is 13.2 Å². The molecule has 1 rings (SSSR count). The Balaban J connectivity index is 2.53. The molecule has 100 valence electrons. The Labute approximate surface area is 108 Å². The van der Waals surface area contributed by atoms with E-state index in [9.17, 15) is 18.0 Å². The number of ketones is 1. The first kappa shape index (κ1) is 15.0. The second-order valence-corrected chi connectivity index (χ2v) is 4.41. The third-order valence-electron chi connectivity index (χ3n) is 2.36. The SMILES string of the molecule is CN(CCC(F)(F)F)CC(=O)c1ccccc1Cl. The fraction of sp³-hybridized carbons (Fsp3) is 0.417. The summed E-state index contributed by atoms with van der Waals surface area (Å²) in [6, 6.07) is 6.48. The second kappa shape index (κ2) is 6.20. The summed E-state index contributed by atoms with van der Waals surface area (Å²) in [7, 11) is 1.47. The highest BCUT2D eigenvalue weighted by molar-refractivity contribution is 6.34. The third kappa shape index (κ3) is 5.06. The molecule has 0 saturated heterocycles. The number of carbonyl (C=O) groups is 1. The van der Waals surface area contributed by atoms with Crippen LogP contribution in [0.25, 0.3) is 0 Å². The van der Waals surface area contributed by atoms with Crippen molar-refractivity contribution in [1.82, 2.24) is 4.90 Å². The molecule has 0 atom stereocenters. The molecule has 0 N–H and O–H groups in total. The van der Waals surface area contributed by atoms with Crippen LogP contribution in [0, 0.1) is 0 Å². The monoisotopic (exact) mass is 279 g/mol. The van der Waals surface area contributed by atoms with E-state index in [1.165, 1.54) is 11.9 Å². The molecule has 0 fully saturated rings. The molecule has 18 heavy (non-hydrogen) atoms. The Hall–Kier alpha value is -1.07. The highest BCUT2D eigenvalue weighted by atomic mass is 35.5. The highest BCUT2D eigenvalue weighted by Crippen LogP contribution is 2.20. The summed E-state index contributed by atoms with van der Waals surface area (Å²) < 4.78 is 36.0. The zero-order valence-corrected chi connectivity index (χ0v) is 10.6. The summed E-state index contributed by atoms with van der Waals surface area (Å²) in [5, 5.41) is 0.312. The van der Waals surface area contributed by atoms with Crippen molar-refractivity contribution in [3.8, 4) is 0 Å². The zero-order chi connectivity index (χ0) is 13.8. The largest absolute Gasteiger partial charge is 0.390 e. The lowest BCUT2D eigenvalue weighted by atomic mass is 10.1. The normalized spacial score (nSPS) is 11.9. The first-order valence-electron chi connectivity index (χ1n) is 5.32. The molecule has 0 aliphatic carbocycles. The van der Waals surface area contributed by atoms with Crippen LogP contribution in [0.3, 0.4) is 0 Å². The molecule has 1 aromatic rings. The average molecular weight is 280 g/mol. The van der Waals surface area contributed by atoms with Crippen molar-refractivity contribution in [3.63, 3.8) is 0 Å². The van der Waals surface area contributed by atoms with Crippen LogP contribution in [0.2, 0.25) is 5.02 Å². The van der Waals surface area contributed by atoms with E-state index in [0.717, 1.165) is 0 Å². The standard InChI is InChI=1S/C12H13ClF3NO/c1-17(7-6-12(14,15)16)8-11(18)9-4-2-3-5-10(9)13/h2-5H,6-8H2,1H3. The molecule has 0 aromatic heterocycles. The highest BCUT2D eigenvalue weighted by Gasteiger charge is 2.27. The van der Waals surface area contributed by atoms with Gasteiger partial charge in [-0.3, -0.25) is 9.69 Å². The van der Waals surface area contributed by atoms with Crippen LogP contribution in [0.5, 0.6) is 0 Å². The maximum Gasteiger partial charge on any atom is 0.390 e. The van der Waals surface area contributed by atoms with E-state index >= 15 is 0 Å². The molecule has 1 aromatic carbocycles. The molecule has 0 radical (unpaired) electrons. The second-order valence-electron chi connectivity index (χ2n) is 4.01. The Morgan fingerprint density at radius 3 is 2.50 bits per heavy atom. The number of nitrogens with zero attached hydrogens (tertiary/aromatic N) is 1. The topological polar surface area (TPSA) is 20.3 Å². The van der Waals surface area contributed by atoms with Crippen molar-refractivity contribution in [3.05, 3.63) is 34.9 Å². The van der Waals surface area contributed by atoms with Crippen molar-refractivity contribution in [2.45, 2.75) is 12.6 Å².